The van der Waals surface area contributed by atoms with Crippen molar-refractivity contribution in [3.05, 3.63) is 29.8 Å². The lowest BCUT2D eigenvalue weighted by Crippen LogP contribution is -2.56. The maximum atomic E-state index is 13.0. The molecule has 1 aliphatic rings. The van der Waals surface area contributed by atoms with Crippen molar-refractivity contribution in [2.75, 3.05) is 5.73 Å². The largest absolute Gasteiger partial charge is 0.438 e. The SMILES string of the molecule is CC1=NN(C(=O)c2ccc(N)cc2)C(O)(C(F)(F)F)C1. The van der Waals surface area contributed by atoms with E-state index in [1.165, 1.54) is 31.2 Å². The van der Waals surface area contributed by atoms with Crippen molar-refractivity contribution in [3.8, 4) is 0 Å². The van der Waals surface area contributed by atoms with E-state index in [2.05, 4.69) is 5.10 Å². The van der Waals surface area contributed by atoms with Crippen LogP contribution in [0.25, 0.3) is 0 Å². The van der Waals surface area contributed by atoms with Gasteiger partial charge in [-0.1, -0.05) is 0 Å². The van der Waals surface area contributed by atoms with Gasteiger partial charge in [0.25, 0.3) is 11.6 Å². The molecule has 1 aliphatic heterocycles. The van der Waals surface area contributed by atoms with Crippen molar-refractivity contribution in [1.82, 2.24) is 5.01 Å². The van der Waals surface area contributed by atoms with Crippen molar-refractivity contribution in [3.63, 3.8) is 0 Å². The first kappa shape index (κ1) is 14.3. The van der Waals surface area contributed by atoms with Crippen molar-refractivity contribution in [1.29, 1.82) is 0 Å². The molecule has 0 saturated carbocycles. The van der Waals surface area contributed by atoms with Gasteiger partial charge in [-0.3, -0.25) is 4.79 Å². The number of nitrogens with two attached hydrogens (primary N) is 1. The predicted molar refractivity (Wildman–Crippen MR) is 65.8 cm³/mol. The normalized spacial score (nSPS) is 22.9. The van der Waals surface area contributed by atoms with Crippen LogP contribution in [0.2, 0.25) is 0 Å². The van der Waals surface area contributed by atoms with E-state index in [0.29, 0.717) is 5.69 Å². The van der Waals surface area contributed by atoms with Gasteiger partial charge in [0, 0.05) is 23.4 Å². The number of carbonyl (C=O) groups excluding carboxylic acids is 1. The number of amides is 1. The molecule has 0 radical (unpaired) electrons. The molecule has 1 heterocycles. The third-order valence-electron chi connectivity index (χ3n) is 2.93. The molecule has 20 heavy (non-hydrogen) atoms. The average Bonchev–Trinajstić information content (AvgIpc) is 2.65. The highest BCUT2D eigenvalue weighted by atomic mass is 19.4. The number of hydrogen-bond acceptors (Lipinski definition) is 4. The van der Waals surface area contributed by atoms with Crippen LogP contribution < -0.4 is 5.73 Å². The van der Waals surface area contributed by atoms with Gasteiger partial charge in [-0.05, 0) is 31.2 Å². The van der Waals surface area contributed by atoms with Crippen LogP contribution in [0.5, 0.6) is 0 Å². The molecular weight excluding hydrogens is 275 g/mol. The molecule has 1 aromatic rings. The van der Waals surface area contributed by atoms with E-state index in [0.717, 1.165) is 0 Å². The van der Waals surface area contributed by atoms with Crippen LogP contribution in [0.1, 0.15) is 23.7 Å². The van der Waals surface area contributed by atoms with Crippen molar-refractivity contribution >= 4 is 17.3 Å². The fourth-order valence-corrected chi connectivity index (χ4v) is 1.90. The van der Waals surface area contributed by atoms with Crippen molar-refractivity contribution in [2.24, 2.45) is 5.10 Å². The Balaban J connectivity index is 2.39. The van der Waals surface area contributed by atoms with Crippen LogP contribution in [-0.2, 0) is 0 Å². The topological polar surface area (TPSA) is 78.9 Å². The van der Waals surface area contributed by atoms with Gasteiger partial charge in [0.1, 0.15) is 0 Å². The summed E-state index contributed by atoms with van der Waals surface area (Å²) in [5, 5.41) is 13.4. The molecule has 1 amide bonds. The Morgan fingerprint density at radius 2 is 1.95 bits per heavy atom. The van der Waals surface area contributed by atoms with Crippen LogP contribution in [-0.4, -0.2) is 33.6 Å². The van der Waals surface area contributed by atoms with Gasteiger partial charge in [0.05, 0.1) is 0 Å². The van der Waals surface area contributed by atoms with Crippen LogP contribution in [0.4, 0.5) is 18.9 Å². The summed E-state index contributed by atoms with van der Waals surface area (Å²) in [4.78, 5) is 12.1. The summed E-state index contributed by atoms with van der Waals surface area (Å²) in [5.74, 6) is -1.04. The van der Waals surface area contributed by atoms with Gasteiger partial charge < -0.3 is 10.8 Å². The maximum Gasteiger partial charge on any atom is 0.438 e. The van der Waals surface area contributed by atoms with Crippen LogP contribution in [0.3, 0.4) is 0 Å². The molecule has 0 aliphatic carbocycles. The number of carbonyl (C=O) groups is 1. The molecule has 1 atom stereocenters. The number of nitrogens with zero attached hydrogens (tertiary/aromatic N) is 2. The first-order valence-electron chi connectivity index (χ1n) is 5.68. The molecule has 8 heteroatoms. The second-order valence-corrected chi connectivity index (χ2v) is 4.57. The molecule has 108 valence electrons. The van der Waals surface area contributed by atoms with Gasteiger partial charge >= 0.3 is 6.18 Å². The number of nitrogen functional groups attached to an aromatic ring is 1. The highest BCUT2D eigenvalue weighted by Crippen LogP contribution is 2.40. The molecule has 0 bridgehead atoms. The standard InChI is InChI=1S/C12H12F3N3O2/c1-7-6-11(20,12(13,14)15)18(17-7)10(19)8-2-4-9(16)5-3-8/h2-5,20H,6,16H2,1H3. The third-order valence-corrected chi connectivity index (χ3v) is 2.93. The molecule has 0 fully saturated rings. The maximum absolute atomic E-state index is 13.0. The van der Waals surface area contributed by atoms with E-state index < -0.39 is 24.2 Å². The Labute approximate surface area is 112 Å². The number of aliphatic hydroxyl groups is 1. The van der Waals surface area contributed by atoms with Gasteiger partial charge in [-0.25, -0.2) is 0 Å². The zero-order chi connectivity index (χ0) is 15.1. The lowest BCUT2D eigenvalue weighted by atomic mass is 10.1. The Kier molecular flexibility index (Phi) is 3.21. The number of anilines is 1. The first-order chi connectivity index (χ1) is 9.15. The quantitative estimate of drug-likeness (QED) is 0.772. The molecule has 0 spiro atoms. The van der Waals surface area contributed by atoms with Crippen molar-refractivity contribution < 1.29 is 23.1 Å². The minimum absolute atomic E-state index is 0.0219. The second-order valence-electron chi connectivity index (χ2n) is 4.57. The van der Waals surface area contributed by atoms with E-state index in [1.807, 2.05) is 0 Å². The molecule has 0 saturated heterocycles. The van der Waals surface area contributed by atoms with Gasteiger partial charge in [0.15, 0.2) is 0 Å². The molecule has 2 rings (SSSR count). The summed E-state index contributed by atoms with van der Waals surface area (Å²) in [6, 6.07) is 5.31. The Morgan fingerprint density at radius 1 is 1.40 bits per heavy atom. The highest BCUT2D eigenvalue weighted by Gasteiger charge is 2.62. The smallest absolute Gasteiger partial charge is 0.399 e. The van der Waals surface area contributed by atoms with E-state index in [4.69, 9.17) is 5.73 Å². The number of alkyl halides is 3. The number of rotatable bonds is 1. The Morgan fingerprint density at radius 3 is 2.45 bits per heavy atom. The lowest BCUT2D eigenvalue weighted by Gasteiger charge is -2.32. The third kappa shape index (κ3) is 2.22. The summed E-state index contributed by atoms with van der Waals surface area (Å²) in [7, 11) is 0. The average molecular weight is 287 g/mol. The molecule has 0 aromatic heterocycles. The summed E-state index contributed by atoms with van der Waals surface area (Å²) < 4.78 is 38.9. The zero-order valence-electron chi connectivity index (χ0n) is 10.5. The molecule has 5 nitrogen and oxygen atoms in total. The molecule has 3 N–H and O–H groups in total. The molecular formula is C12H12F3N3O2. The molecule has 1 aromatic carbocycles. The van der Waals surface area contributed by atoms with E-state index >= 15 is 0 Å². The van der Waals surface area contributed by atoms with Crippen LogP contribution >= 0.6 is 0 Å². The Hall–Kier alpha value is -2.09. The van der Waals surface area contributed by atoms with Crippen molar-refractivity contribution in [2.45, 2.75) is 25.2 Å². The minimum atomic E-state index is -5.00. The predicted octanol–water partition coefficient (Wildman–Crippen LogP) is 1.74. The zero-order valence-corrected chi connectivity index (χ0v) is 10.5. The van der Waals surface area contributed by atoms with E-state index in [1.54, 1.807) is 0 Å². The lowest BCUT2D eigenvalue weighted by molar-refractivity contribution is -0.297. The van der Waals surface area contributed by atoms with Crippen LogP contribution in [0.15, 0.2) is 29.4 Å². The number of hydrogen-bond donors (Lipinski definition) is 2. The van der Waals surface area contributed by atoms with Gasteiger partial charge in [-0.15, -0.1) is 0 Å². The second kappa shape index (κ2) is 4.48. The van der Waals surface area contributed by atoms with Gasteiger partial charge in [-0.2, -0.15) is 23.3 Å². The summed E-state index contributed by atoms with van der Waals surface area (Å²) in [6.07, 6.45) is -5.77. The number of benzene rings is 1. The fourth-order valence-electron chi connectivity index (χ4n) is 1.90. The Bertz CT molecular complexity index is 568. The molecule has 1 unspecified atom stereocenters. The summed E-state index contributed by atoms with van der Waals surface area (Å²) in [6.45, 7) is 1.31. The number of halogens is 3. The van der Waals surface area contributed by atoms with E-state index in [-0.39, 0.29) is 16.3 Å². The minimum Gasteiger partial charge on any atom is -0.399 e. The summed E-state index contributed by atoms with van der Waals surface area (Å²) >= 11 is 0. The van der Waals surface area contributed by atoms with E-state index in [9.17, 15) is 23.1 Å². The highest BCUT2D eigenvalue weighted by molar-refractivity contribution is 5.98. The first-order valence-corrected chi connectivity index (χ1v) is 5.68. The van der Waals surface area contributed by atoms with Crippen LogP contribution in [0, 0.1) is 0 Å². The van der Waals surface area contributed by atoms with Gasteiger partial charge in [0.2, 0.25) is 0 Å². The fraction of sp³-hybridized carbons (Fsp3) is 0.333. The monoisotopic (exact) mass is 287 g/mol. The number of hydrazone groups is 1. The summed E-state index contributed by atoms with van der Waals surface area (Å²) in [5.41, 5.74) is 2.48.